The number of hydrogen-bond donors (Lipinski definition) is 0. The van der Waals surface area contributed by atoms with Crippen LogP contribution in [0.5, 0.6) is 5.75 Å². The van der Waals surface area contributed by atoms with Gasteiger partial charge in [0.2, 0.25) is 0 Å². The fourth-order valence-corrected chi connectivity index (χ4v) is 8.21. The number of fused-ring (bicyclic) bond motifs is 8. The molecule has 0 spiro atoms. The maximum atomic E-state index is 6.62. The van der Waals surface area contributed by atoms with E-state index in [0.717, 1.165) is 99.9 Å². The third-order valence-corrected chi connectivity index (χ3v) is 11.0. The molecule has 0 amide bonds. The van der Waals surface area contributed by atoms with Crippen molar-refractivity contribution in [2.75, 3.05) is 6.61 Å². The van der Waals surface area contributed by atoms with Crippen LogP contribution in [0.25, 0.3) is 77.7 Å². The Morgan fingerprint density at radius 1 is 0.719 bits per heavy atom. The van der Waals surface area contributed by atoms with Crippen LogP contribution in [0.1, 0.15) is 33.5 Å². The smallest absolute Gasteiger partial charge is 0.136 e. The van der Waals surface area contributed by atoms with Crippen molar-refractivity contribution in [3.63, 3.8) is 0 Å². The molecule has 57 heavy (non-hydrogen) atoms. The number of aromatic nitrogens is 1. The van der Waals surface area contributed by atoms with E-state index in [4.69, 9.17) is 18.6 Å². The molecule has 6 aromatic carbocycles. The van der Waals surface area contributed by atoms with Gasteiger partial charge in [-0.3, -0.25) is 4.99 Å². The predicted molar refractivity (Wildman–Crippen MR) is 238 cm³/mol. The van der Waals surface area contributed by atoms with E-state index >= 15 is 0 Å². The summed E-state index contributed by atoms with van der Waals surface area (Å²) in [6, 6.07) is 43.6. The molecule has 274 valence electrons. The minimum Gasteiger partial charge on any atom is -0.487 e. The zero-order chi connectivity index (χ0) is 38.5. The van der Waals surface area contributed by atoms with Crippen molar-refractivity contribution < 1.29 is 13.6 Å². The van der Waals surface area contributed by atoms with Gasteiger partial charge in [0, 0.05) is 50.0 Å². The van der Waals surface area contributed by atoms with Crippen molar-refractivity contribution in [3.8, 4) is 5.75 Å². The van der Waals surface area contributed by atoms with Crippen LogP contribution in [0.2, 0.25) is 0 Å². The highest BCUT2D eigenvalue weighted by atomic mass is 16.5. The van der Waals surface area contributed by atoms with E-state index in [2.05, 4.69) is 122 Å². The molecular formula is C52H38N2O3. The molecule has 0 unspecified atom stereocenters. The molecule has 0 fully saturated rings. The summed E-state index contributed by atoms with van der Waals surface area (Å²) in [4.78, 5) is 4.91. The Bertz CT molecular complexity index is 3210. The van der Waals surface area contributed by atoms with Crippen LogP contribution in [0.3, 0.4) is 0 Å². The van der Waals surface area contributed by atoms with Gasteiger partial charge in [-0.15, -0.1) is 0 Å². The second-order valence-corrected chi connectivity index (χ2v) is 14.4. The zero-order valence-electron chi connectivity index (χ0n) is 31.5. The highest BCUT2D eigenvalue weighted by Gasteiger charge is 2.20. The summed E-state index contributed by atoms with van der Waals surface area (Å²) in [6.07, 6.45) is 12.2. The first kappa shape index (κ1) is 34.1. The number of aliphatic imine (C=N–C) groups is 1. The number of aryl methyl sites for hydroxylation is 1. The summed E-state index contributed by atoms with van der Waals surface area (Å²) >= 11 is 0. The standard InChI is InChI=1S/C52H38N2O3/c1-4-5-17-45-34(3)40-14-6-9-18-46(40)54(45)38-24-26-39(33(2)41-15-7-10-19-47(41)55-32-38)36-23-27-49-44(29-36)52-37(13-12-21-50(52)56-49)31-53-30-35-22-25-43-42-16-8-11-20-48(42)57-51(43)28-35/h4-29,31H,1-2,30,32H2,3H3/b17-5-,38-24+,39-26+,53-31?. The fraction of sp³-hybridized carbons (Fsp3) is 0.0577. The van der Waals surface area contributed by atoms with Crippen molar-refractivity contribution in [2.24, 2.45) is 4.99 Å². The largest absolute Gasteiger partial charge is 0.487 e. The first-order valence-corrected chi connectivity index (χ1v) is 19.1. The van der Waals surface area contributed by atoms with Crippen molar-refractivity contribution >= 4 is 83.9 Å². The molecule has 3 aromatic heterocycles. The van der Waals surface area contributed by atoms with Gasteiger partial charge in [0.1, 0.15) is 34.7 Å². The Morgan fingerprint density at radius 2 is 1.49 bits per heavy atom. The van der Waals surface area contributed by atoms with E-state index in [1.165, 1.54) is 10.9 Å². The summed E-state index contributed by atoms with van der Waals surface area (Å²) in [5.41, 5.74) is 13.7. The quantitative estimate of drug-likeness (QED) is 0.121. The molecule has 0 saturated carbocycles. The SMILES string of the molecule is C=C/C=C\c1c(C)c2ccccc2n1/C1=C/C=C(/c2ccc3oc4cccc(C=NCc5ccc6c(c5)oc5ccccc56)c4c3c2)C(=C)c2ccccc2OC1. The zero-order valence-corrected chi connectivity index (χ0v) is 31.5. The average molecular weight is 739 g/mol. The predicted octanol–water partition coefficient (Wildman–Crippen LogP) is 13.6. The number of furan rings is 2. The molecule has 0 aliphatic carbocycles. The van der Waals surface area contributed by atoms with E-state index in [-0.39, 0.29) is 0 Å². The second-order valence-electron chi connectivity index (χ2n) is 14.4. The molecule has 10 rings (SSSR count). The minimum absolute atomic E-state index is 0.362. The number of allylic oxidation sites excluding steroid dienone is 6. The lowest BCUT2D eigenvalue weighted by Gasteiger charge is -2.16. The Balaban J connectivity index is 1.07. The van der Waals surface area contributed by atoms with Crippen LogP contribution in [0, 0.1) is 6.92 Å². The molecule has 1 aliphatic heterocycles. The fourth-order valence-electron chi connectivity index (χ4n) is 8.21. The number of nitrogens with zero attached hydrogens (tertiary/aromatic N) is 2. The van der Waals surface area contributed by atoms with Crippen molar-refractivity contribution in [2.45, 2.75) is 13.5 Å². The molecule has 1 aliphatic rings. The normalized spacial score (nSPS) is 15.5. The highest BCUT2D eigenvalue weighted by molar-refractivity contribution is 6.15. The summed E-state index contributed by atoms with van der Waals surface area (Å²) in [5, 5.41) is 5.47. The molecular weight excluding hydrogens is 701 g/mol. The number of para-hydroxylation sites is 3. The van der Waals surface area contributed by atoms with Gasteiger partial charge in [-0.2, -0.15) is 0 Å². The van der Waals surface area contributed by atoms with Crippen LogP contribution in [0.15, 0.2) is 179 Å². The van der Waals surface area contributed by atoms with E-state index in [1.807, 2.05) is 66.9 Å². The molecule has 0 atom stereocenters. The van der Waals surface area contributed by atoms with Crippen LogP contribution in [-0.4, -0.2) is 17.4 Å². The summed E-state index contributed by atoms with van der Waals surface area (Å²) in [6.45, 7) is 11.6. The van der Waals surface area contributed by atoms with Crippen molar-refractivity contribution in [1.82, 2.24) is 4.57 Å². The van der Waals surface area contributed by atoms with Crippen LogP contribution in [-0.2, 0) is 6.54 Å². The third-order valence-electron chi connectivity index (χ3n) is 11.0. The van der Waals surface area contributed by atoms with Gasteiger partial charge in [0.05, 0.1) is 17.8 Å². The number of benzene rings is 6. The first-order valence-electron chi connectivity index (χ1n) is 19.1. The molecule has 4 heterocycles. The van der Waals surface area contributed by atoms with Gasteiger partial charge in [-0.25, -0.2) is 0 Å². The maximum Gasteiger partial charge on any atom is 0.136 e. The van der Waals surface area contributed by atoms with Crippen LogP contribution < -0.4 is 4.74 Å². The van der Waals surface area contributed by atoms with Gasteiger partial charge in [0.25, 0.3) is 0 Å². The summed E-state index contributed by atoms with van der Waals surface area (Å²) < 4.78 is 21.5. The molecule has 5 heteroatoms. The number of rotatable bonds is 7. The molecule has 0 saturated heterocycles. The molecule has 9 aromatic rings. The topological polar surface area (TPSA) is 52.8 Å². The summed E-state index contributed by atoms with van der Waals surface area (Å²) in [7, 11) is 0. The Labute approximate surface area is 330 Å². The monoisotopic (exact) mass is 738 g/mol. The van der Waals surface area contributed by atoms with Gasteiger partial charge in [-0.1, -0.05) is 116 Å². The average Bonchev–Trinajstić information content (AvgIpc) is 3.91. The minimum atomic E-state index is 0.362. The van der Waals surface area contributed by atoms with Crippen LogP contribution >= 0.6 is 0 Å². The maximum absolute atomic E-state index is 6.62. The molecule has 0 radical (unpaired) electrons. The third kappa shape index (κ3) is 5.92. The lowest BCUT2D eigenvalue weighted by Crippen LogP contribution is -2.09. The van der Waals surface area contributed by atoms with Crippen LogP contribution in [0.4, 0.5) is 0 Å². The van der Waals surface area contributed by atoms with E-state index in [0.29, 0.717) is 13.2 Å². The molecule has 0 bridgehead atoms. The van der Waals surface area contributed by atoms with Crippen molar-refractivity contribution in [3.05, 3.63) is 198 Å². The Hall–Kier alpha value is -7.37. The van der Waals surface area contributed by atoms with E-state index in [9.17, 15) is 0 Å². The Kier molecular flexibility index (Phi) is 8.41. The van der Waals surface area contributed by atoms with Gasteiger partial charge < -0.3 is 18.1 Å². The number of ether oxygens (including phenoxy) is 1. The van der Waals surface area contributed by atoms with E-state index < -0.39 is 0 Å². The van der Waals surface area contributed by atoms with Gasteiger partial charge in [0.15, 0.2) is 0 Å². The highest BCUT2D eigenvalue weighted by Crippen LogP contribution is 2.40. The molecule has 0 N–H and O–H groups in total. The number of hydrogen-bond acceptors (Lipinski definition) is 4. The van der Waals surface area contributed by atoms with Crippen molar-refractivity contribution in [1.29, 1.82) is 0 Å². The van der Waals surface area contributed by atoms with E-state index in [1.54, 1.807) is 0 Å². The summed E-state index contributed by atoms with van der Waals surface area (Å²) in [5.74, 6) is 0.783. The van der Waals surface area contributed by atoms with Gasteiger partial charge >= 0.3 is 0 Å². The first-order chi connectivity index (χ1) is 28.1. The van der Waals surface area contributed by atoms with Gasteiger partial charge in [-0.05, 0) is 89.4 Å². The second kappa shape index (κ2) is 14.0. The lowest BCUT2D eigenvalue weighted by atomic mass is 9.91. The Morgan fingerprint density at radius 3 is 2.40 bits per heavy atom. The molecule has 5 nitrogen and oxygen atoms in total. The lowest BCUT2D eigenvalue weighted by molar-refractivity contribution is 0.363.